The Hall–Kier alpha value is -3.70. The Kier molecular flexibility index (Phi) is 8.41. The molecule has 0 saturated carbocycles. The number of fused-ring (bicyclic) bond motifs is 1. The van der Waals surface area contributed by atoms with Gasteiger partial charge < -0.3 is 15.2 Å². The number of phenolic OH excluding ortho intramolecular Hbond substituents is 1. The second-order valence-electron chi connectivity index (χ2n) is 8.27. The summed E-state index contributed by atoms with van der Waals surface area (Å²) in [6.45, 7) is 3.86. The van der Waals surface area contributed by atoms with Gasteiger partial charge in [-0.2, -0.15) is 8.42 Å². The van der Waals surface area contributed by atoms with E-state index in [4.69, 9.17) is 27.9 Å². The number of benzene rings is 4. The Morgan fingerprint density at radius 1 is 1.00 bits per heavy atom. The third-order valence-electron chi connectivity index (χ3n) is 5.80. The molecule has 39 heavy (non-hydrogen) atoms. The zero-order valence-electron chi connectivity index (χ0n) is 20.8. The lowest BCUT2D eigenvalue weighted by Crippen LogP contribution is -2.13. The van der Waals surface area contributed by atoms with Crippen molar-refractivity contribution in [2.45, 2.75) is 25.2 Å². The highest BCUT2D eigenvalue weighted by atomic mass is 35.5. The number of azo groups is 1. The van der Waals surface area contributed by atoms with Crippen LogP contribution < -0.4 is 10.1 Å². The number of carbonyl (C=O) groups is 1. The van der Waals surface area contributed by atoms with Crippen molar-refractivity contribution >= 4 is 67.1 Å². The lowest BCUT2D eigenvalue weighted by Gasteiger charge is -2.14. The predicted octanol–water partition coefficient (Wildman–Crippen LogP) is 7.73. The summed E-state index contributed by atoms with van der Waals surface area (Å²) in [5, 5.41) is 23.8. The van der Waals surface area contributed by atoms with E-state index in [1.165, 1.54) is 12.1 Å². The van der Waals surface area contributed by atoms with Gasteiger partial charge in [-0.05, 0) is 54.6 Å². The van der Waals surface area contributed by atoms with Crippen molar-refractivity contribution in [2.75, 3.05) is 11.9 Å². The van der Waals surface area contributed by atoms with Crippen LogP contribution in [0.4, 0.5) is 17.1 Å². The Balaban J connectivity index is 1.86. The largest absolute Gasteiger partial charge is 0.505 e. The first-order valence-electron chi connectivity index (χ1n) is 11.7. The number of phenols is 1. The summed E-state index contributed by atoms with van der Waals surface area (Å²) in [6.07, 6.45) is 0.287. The predicted molar refractivity (Wildman–Crippen MR) is 151 cm³/mol. The molecule has 0 aliphatic rings. The van der Waals surface area contributed by atoms with E-state index in [9.17, 15) is 22.9 Å². The molecule has 0 aliphatic carbocycles. The minimum absolute atomic E-state index is 0.0808. The number of anilines is 1. The van der Waals surface area contributed by atoms with Crippen LogP contribution in [-0.2, 0) is 16.5 Å². The highest BCUT2D eigenvalue weighted by Crippen LogP contribution is 2.42. The Bertz CT molecular complexity index is 1720. The summed E-state index contributed by atoms with van der Waals surface area (Å²) in [4.78, 5) is 12.8. The van der Waals surface area contributed by atoms with Crippen LogP contribution in [-0.4, -0.2) is 30.6 Å². The van der Waals surface area contributed by atoms with Gasteiger partial charge in [-0.1, -0.05) is 54.4 Å². The molecule has 0 radical (unpaired) electrons. The van der Waals surface area contributed by atoms with Gasteiger partial charge in [-0.25, -0.2) is 0 Å². The maximum Gasteiger partial charge on any atom is 0.296 e. The number of rotatable bonds is 8. The smallest absolute Gasteiger partial charge is 0.296 e. The van der Waals surface area contributed by atoms with Crippen molar-refractivity contribution in [1.29, 1.82) is 0 Å². The molecule has 0 aliphatic heterocycles. The molecule has 4 aromatic rings. The Morgan fingerprint density at radius 3 is 2.41 bits per heavy atom. The minimum atomic E-state index is -4.67. The monoisotopic (exact) mass is 587 g/mol. The zero-order chi connectivity index (χ0) is 28.3. The van der Waals surface area contributed by atoms with E-state index in [-0.39, 0.29) is 28.4 Å². The highest BCUT2D eigenvalue weighted by molar-refractivity contribution is 7.86. The lowest BCUT2D eigenvalue weighted by atomic mass is 10.0. The summed E-state index contributed by atoms with van der Waals surface area (Å²) in [5.41, 5.74) is 0.304. The summed E-state index contributed by atoms with van der Waals surface area (Å²) in [5.74, 6) is -0.798. The molecular formula is C27H23Cl2N3O6S. The molecule has 0 spiro atoms. The third-order valence-corrected chi connectivity index (χ3v) is 7.28. The van der Waals surface area contributed by atoms with Crippen LogP contribution in [0.5, 0.6) is 11.5 Å². The molecule has 0 fully saturated rings. The van der Waals surface area contributed by atoms with Gasteiger partial charge in [0.1, 0.15) is 22.0 Å². The number of carbonyl (C=O) groups excluding carboxylic acids is 1. The fourth-order valence-electron chi connectivity index (χ4n) is 4.00. The molecule has 202 valence electrons. The van der Waals surface area contributed by atoms with Crippen molar-refractivity contribution in [3.63, 3.8) is 0 Å². The molecule has 0 saturated heterocycles. The molecule has 0 bridgehead atoms. The van der Waals surface area contributed by atoms with Crippen molar-refractivity contribution in [2.24, 2.45) is 10.2 Å². The van der Waals surface area contributed by atoms with Gasteiger partial charge in [0.05, 0.1) is 17.9 Å². The number of nitrogens with zero attached hydrogens (tertiary/aromatic N) is 2. The first kappa shape index (κ1) is 28.3. The average molecular weight is 588 g/mol. The summed E-state index contributed by atoms with van der Waals surface area (Å²) in [7, 11) is -4.67. The molecule has 1 amide bonds. The van der Waals surface area contributed by atoms with Gasteiger partial charge in [0, 0.05) is 21.5 Å². The molecule has 0 aromatic heterocycles. The highest BCUT2D eigenvalue weighted by Gasteiger charge is 2.23. The van der Waals surface area contributed by atoms with Crippen LogP contribution in [0.2, 0.25) is 10.0 Å². The summed E-state index contributed by atoms with van der Waals surface area (Å²) < 4.78 is 39.4. The number of hydrogen-bond donors (Lipinski definition) is 3. The second kappa shape index (κ2) is 11.6. The Labute approximate surface area is 234 Å². The van der Waals surface area contributed by atoms with E-state index < -0.39 is 26.7 Å². The van der Waals surface area contributed by atoms with Crippen LogP contribution >= 0.6 is 23.2 Å². The van der Waals surface area contributed by atoms with E-state index in [2.05, 4.69) is 15.5 Å². The minimum Gasteiger partial charge on any atom is -0.505 e. The maximum atomic E-state index is 13.3. The van der Waals surface area contributed by atoms with Crippen molar-refractivity contribution in [3.05, 3.63) is 81.8 Å². The SMILES string of the molecule is CCOc1cc(Cl)ccc1NC(=O)c1cc2ccccc2c(N=Nc2c(S(=O)(=O)O)ccc(Cl)c2CC)c1O. The normalized spacial score (nSPS) is 11.7. The van der Waals surface area contributed by atoms with Crippen LogP contribution in [0.1, 0.15) is 29.8 Å². The van der Waals surface area contributed by atoms with Gasteiger partial charge >= 0.3 is 0 Å². The van der Waals surface area contributed by atoms with Gasteiger partial charge in [0.25, 0.3) is 16.0 Å². The molecule has 12 heteroatoms. The van der Waals surface area contributed by atoms with E-state index in [1.54, 1.807) is 56.3 Å². The molecule has 3 N–H and O–H groups in total. The van der Waals surface area contributed by atoms with Crippen LogP contribution in [0.15, 0.2) is 75.8 Å². The first-order chi connectivity index (χ1) is 18.5. The topological polar surface area (TPSA) is 138 Å². The van der Waals surface area contributed by atoms with Gasteiger partial charge in [0.2, 0.25) is 0 Å². The fraction of sp³-hybridized carbons (Fsp3) is 0.148. The van der Waals surface area contributed by atoms with Gasteiger partial charge in [-0.15, -0.1) is 10.2 Å². The molecule has 0 unspecified atom stereocenters. The van der Waals surface area contributed by atoms with Crippen molar-refractivity contribution < 1.29 is 27.6 Å². The Morgan fingerprint density at radius 2 is 1.72 bits per heavy atom. The molecule has 0 atom stereocenters. The molecule has 4 rings (SSSR count). The standard InChI is InChI=1S/C27H23Cl2N3O6S/c1-3-17-20(29)10-12-23(39(35,36)37)24(17)31-32-25-18-8-6-5-7-15(18)13-19(26(25)33)27(34)30-21-11-9-16(28)14-22(21)38-4-2/h5-14,33H,3-4H2,1-2H3,(H,30,34)(H,35,36,37). The van der Waals surface area contributed by atoms with Crippen LogP contribution in [0.3, 0.4) is 0 Å². The van der Waals surface area contributed by atoms with Gasteiger partial charge in [0.15, 0.2) is 5.75 Å². The first-order valence-corrected chi connectivity index (χ1v) is 13.9. The quantitative estimate of drug-likeness (QED) is 0.142. The van der Waals surface area contributed by atoms with Crippen LogP contribution in [0.25, 0.3) is 10.8 Å². The lowest BCUT2D eigenvalue weighted by molar-refractivity contribution is 0.102. The summed E-state index contributed by atoms with van der Waals surface area (Å²) >= 11 is 12.3. The zero-order valence-corrected chi connectivity index (χ0v) is 23.1. The summed E-state index contributed by atoms with van der Waals surface area (Å²) in [6, 6.07) is 15.5. The molecule has 9 nitrogen and oxygen atoms in total. The number of aromatic hydroxyl groups is 1. The van der Waals surface area contributed by atoms with Gasteiger partial charge in [-0.3, -0.25) is 9.35 Å². The number of amides is 1. The van der Waals surface area contributed by atoms with E-state index >= 15 is 0 Å². The van der Waals surface area contributed by atoms with Crippen molar-refractivity contribution in [1.82, 2.24) is 0 Å². The maximum absolute atomic E-state index is 13.3. The number of ether oxygens (including phenoxy) is 1. The molecular weight excluding hydrogens is 565 g/mol. The fourth-order valence-corrected chi connectivity index (χ4v) is 5.10. The molecule has 4 aromatic carbocycles. The van der Waals surface area contributed by atoms with Crippen molar-refractivity contribution in [3.8, 4) is 11.5 Å². The average Bonchev–Trinajstić information content (AvgIpc) is 2.88. The molecule has 0 heterocycles. The van der Waals surface area contributed by atoms with E-state index in [0.29, 0.717) is 39.4 Å². The van der Waals surface area contributed by atoms with E-state index in [0.717, 1.165) is 6.07 Å². The van der Waals surface area contributed by atoms with Crippen LogP contribution in [0, 0.1) is 0 Å². The third kappa shape index (κ3) is 5.99. The van der Waals surface area contributed by atoms with E-state index in [1.807, 2.05) is 0 Å². The number of hydrogen-bond acceptors (Lipinski definition) is 7. The second-order valence-corrected chi connectivity index (χ2v) is 10.5. The number of nitrogens with one attached hydrogen (secondary N) is 1. The number of halogens is 2.